The lowest BCUT2D eigenvalue weighted by atomic mass is 10.1. The van der Waals surface area contributed by atoms with Crippen LogP contribution in [0.3, 0.4) is 0 Å². The first-order chi connectivity index (χ1) is 12.7. The number of ether oxygens (including phenoxy) is 2. The smallest absolute Gasteiger partial charge is 0.238 e. The summed E-state index contributed by atoms with van der Waals surface area (Å²) >= 11 is 0. The van der Waals surface area contributed by atoms with Crippen molar-refractivity contribution in [1.82, 2.24) is 5.32 Å². The second-order valence-electron chi connectivity index (χ2n) is 6.54. The van der Waals surface area contributed by atoms with Crippen molar-refractivity contribution in [3.63, 3.8) is 0 Å². The van der Waals surface area contributed by atoms with E-state index in [0.29, 0.717) is 6.61 Å². The Kier molecular flexibility index (Phi) is 6.63. The van der Waals surface area contributed by atoms with Crippen molar-refractivity contribution in [3.05, 3.63) is 60.2 Å². The van der Waals surface area contributed by atoms with Crippen molar-refractivity contribution in [3.8, 4) is 5.75 Å². The molecule has 138 valence electrons. The van der Waals surface area contributed by atoms with Crippen LogP contribution >= 0.6 is 0 Å². The van der Waals surface area contributed by atoms with Crippen LogP contribution in [0, 0.1) is 0 Å². The van der Waals surface area contributed by atoms with Crippen molar-refractivity contribution < 1.29 is 14.3 Å². The molecule has 1 saturated heterocycles. The van der Waals surface area contributed by atoms with Gasteiger partial charge >= 0.3 is 0 Å². The molecule has 0 aromatic heterocycles. The van der Waals surface area contributed by atoms with E-state index in [2.05, 4.69) is 10.6 Å². The van der Waals surface area contributed by atoms with E-state index in [-0.39, 0.29) is 24.6 Å². The highest BCUT2D eigenvalue weighted by Gasteiger charge is 2.16. The van der Waals surface area contributed by atoms with Gasteiger partial charge in [0.15, 0.2) is 0 Å². The number of carbonyl (C=O) groups is 1. The quantitative estimate of drug-likeness (QED) is 0.761. The third-order valence-corrected chi connectivity index (χ3v) is 4.45. The average Bonchev–Trinajstić information content (AvgIpc) is 3.19. The minimum absolute atomic E-state index is 0.0796. The van der Waals surface area contributed by atoms with Crippen LogP contribution < -0.4 is 15.4 Å². The van der Waals surface area contributed by atoms with Crippen LogP contribution in [0.15, 0.2) is 54.6 Å². The Morgan fingerprint density at radius 3 is 2.85 bits per heavy atom. The van der Waals surface area contributed by atoms with Gasteiger partial charge in [0.25, 0.3) is 0 Å². The van der Waals surface area contributed by atoms with E-state index in [1.165, 1.54) is 0 Å². The molecule has 1 fully saturated rings. The SMILES string of the molecule is CC(NCC(=O)Nc1cccc(OCC2CCCO2)c1)c1ccccc1. The minimum Gasteiger partial charge on any atom is -0.491 e. The van der Waals surface area contributed by atoms with Gasteiger partial charge in [-0.3, -0.25) is 4.79 Å². The van der Waals surface area contributed by atoms with E-state index in [4.69, 9.17) is 9.47 Å². The summed E-state index contributed by atoms with van der Waals surface area (Å²) in [4.78, 5) is 12.2. The van der Waals surface area contributed by atoms with E-state index in [1.54, 1.807) is 0 Å². The third-order valence-electron chi connectivity index (χ3n) is 4.45. The van der Waals surface area contributed by atoms with Gasteiger partial charge in [-0.2, -0.15) is 0 Å². The molecule has 2 atom stereocenters. The summed E-state index contributed by atoms with van der Waals surface area (Å²) in [5.74, 6) is 0.660. The molecule has 0 aliphatic carbocycles. The van der Waals surface area contributed by atoms with Gasteiger partial charge in [-0.05, 0) is 37.5 Å². The Balaban J connectivity index is 1.45. The summed E-state index contributed by atoms with van der Waals surface area (Å²) < 4.78 is 11.3. The molecule has 1 aliphatic heterocycles. The largest absolute Gasteiger partial charge is 0.491 e. The number of carbonyl (C=O) groups excluding carboxylic acids is 1. The van der Waals surface area contributed by atoms with Crippen LogP contribution in [0.1, 0.15) is 31.4 Å². The fourth-order valence-electron chi connectivity index (χ4n) is 2.94. The summed E-state index contributed by atoms with van der Waals surface area (Å²) in [6.45, 7) is 3.66. The fraction of sp³-hybridized carbons (Fsp3) is 0.381. The monoisotopic (exact) mass is 354 g/mol. The molecule has 0 radical (unpaired) electrons. The topological polar surface area (TPSA) is 59.6 Å². The van der Waals surface area contributed by atoms with Crippen molar-refractivity contribution in [2.24, 2.45) is 0 Å². The van der Waals surface area contributed by atoms with E-state index in [0.717, 1.165) is 36.4 Å². The highest BCUT2D eigenvalue weighted by Crippen LogP contribution is 2.19. The van der Waals surface area contributed by atoms with Crippen molar-refractivity contribution >= 4 is 11.6 Å². The molecule has 5 heteroatoms. The van der Waals surface area contributed by atoms with Crippen LogP contribution in [-0.2, 0) is 9.53 Å². The van der Waals surface area contributed by atoms with Crippen molar-refractivity contribution in [2.75, 3.05) is 25.1 Å². The molecule has 0 saturated carbocycles. The van der Waals surface area contributed by atoms with Crippen LogP contribution in [0.5, 0.6) is 5.75 Å². The molecule has 0 spiro atoms. The first-order valence-electron chi connectivity index (χ1n) is 9.13. The first kappa shape index (κ1) is 18.4. The summed E-state index contributed by atoms with van der Waals surface area (Å²) in [5.41, 5.74) is 1.89. The zero-order chi connectivity index (χ0) is 18.2. The van der Waals surface area contributed by atoms with E-state index < -0.39 is 0 Å². The van der Waals surface area contributed by atoms with E-state index >= 15 is 0 Å². The Hall–Kier alpha value is -2.37. The van der Waals surface area contributed by atoms with Gasteiger partial charge in [0.1, 0.15) is 12.4 Å². The summed E-state index contributed by atoms with van der Waals surface area (Å²) in [7, 11) is 0. The van der Waals surface area contributed by atoms with Crippen molar-refractivity contribution in [2.45, 2.75) is 31.9 Å². The summed E-state index contributed by atoms with van der Waals surface area (Å²) in [5, 5.41) is 6.14. The second kappa shape index (κ2) is 9.36. The zero-order valence-electron chi connectivity index (χ0n) is 15.1. The lowest BCUT2D eigenvalue weighted by Crippen LogP contribution is -2.30. The predicted molar refractivity (Wildman–Crippen MR) is 102 cm³/mol. The van der Waals surface area contributed by atoms with Gasteiger partial charge in [-0.1, -0.05) is 36.4 Å². The number of hydrogen-bond acceptors (Lipinski definition) is 4. The molecule has 1 heterocycles. The van der Waals surface area contributed by atoms with Gasteiger partial charge < -0.3 is 20.1 Å². The lowest BCUT2D eigenvalue weighted by molar-refractivity contribution is -0.115. The molecule has 1 amide bonds. The van der Waals surface area contributed by atoms with Crippen LogP contribution in [0.25, 0.3) is 0 Å². The summed E-state index contributed by atoms with van der Waals surface area (Å²) in [6.07, 6.45) is 2.32. The van der Waals surface area contributed by atoms with Gasteiger partial charge in [0.2, 0.25) is 5.91 Å². The minimum atomic E-state index is -0.0796. The standard InChI is InChI=1S/C21H26N2O3/c1-16(17-7-3-2-4-8-17)22-14-21(24)23-18-9-5-10-19(13-18)26-15-20-11-6-12-25-20/h2-5,7-10,13,16,20,22H,6,11-12,14-15H2,1H3,(H,23,24). The van der Waals surface area contributed by atoms with E-state index in [9.17, 15) is 4.79 Å². The molecule has 0 bridgehead atoms. The zero-order valence-corrected chi connectivity index (χ0v) is 15.1. The predicted octanol–water partition coefficient (Wildman–Crippen LogP) is 3.53. The second-order valence-corrected chi connectivity index (χ2v) is 6.54. The molecule has 2 N–H and O–H groups in total. The molecule has 2 unspecified atom stereocenters. The Morgan fingerprint density at radius 1 is 1.23 bits per heavy atom. The molecule has 1 aliphatic rings. The average molecular weight is 354 g/mol. The number of hydrogen-bond donors (Lipinski definition) is 2. The molecule has 5 nitrogen and oxygen atoms in total. The Bertz CT molecular complexity index is 699. The summed E-state index contributed by atoms with van der Waals surface area (Å²) in [6, 6.07) is 17.6. The van der Waals surface area contributed by atoms with Gasteiger partial charge in [0.05, 0.1) is 12.6 Å². The maximum absolute atomic E-state index is 12.2. The maximum Gasteiger partial charge on any atom is 0.238 e. The van der Waals surface area contributed by atoms with Gasteiger partial charge in [0, 0.05) is 24.4 Å². The number of amides is 1. The third kappa shape index (κ3) is 5.58. The molecule has 2 aromatic carbocycles. The molecule has 26 heavy (non-hydrogen) atoms. The number of nitrogens with one attached hydrogen (secondary N) is 2. The first-order valence-corrected chi connectivity index (χ1v) is 9.13. The van der Waals surface area contributed by atoms with Crippen LogP contribution in [-0.4, -0.2) is 31.8 Å². The Morgan fingerprint density at radius 2 is 2.08 bits per heavy atom. The van der Waals surface area contributed by atoms with Crippen molar-refractivity contribution in [1.29, 1.82) is 0 Å². The highest BCUT2D eigenvalue weighted by atomic mass is 16.5. The Labute approximate surface area is 154 Å². The van der Waals surface area contributed by atoms with Crippen LogP contribution in [0.2, 0.25) is 0 Å². The molecule has 2 aromatic rings. The number of anilines is 1. The van der Waals surface area contributed by atoms with E-state index in [1.807, 2.05) is 61.5 Å². The van der Waals surface area contributed by atoms with Gasteiger partial charge in [-0.25, -0.2) is 0 Å². The highest BCUT2D eigenvalue weighted by molar-refractivity contribution is 5.92. The van der Waals surface area contributed by atoms with Gasteiger partial charge in [-0.15, -0.1) is 0 Å². The molecular formula is C21H26N2O3. The number of benzene rings is 2. The molecule has 3 rings (SSSR count). The number of rotatable bonds is 8. The van der Waals surface area contributed by atoms with Crippen LogP contribution in [0.4, 0.5) is 5.69 Å². The normalized spacial score (nSPS) is 17.7. The molecular weight excluding hydrogens is 328 g/mol. The lowest BCUT2D eigenvalue weighted by Gasteiger charge is -2.15. The fourth-order valence-corrected chi connectivity index (χ4v) is 2.94. The maximum atomic E-state index is 12.2.